The summed E-state index contributed by atoms with van der Waals surface area (Å²) in [5.41, 5.74) is 1.33. The summed E-state index contributed by atoms with van der Waals surface area (Å²) in [6, 6.07) is 2.61. The molecule has 2 rings (SSSR count). The van der Waals surface area contributed by atoms with Gasteiger partial charge in [0.05, 0.1) is 0 Å². The average Bonchev–Trinajstić information content (AvgIpc) is 3.04. The van der Waals surface area contributed by atoms with Gasteiger partial charge >= 0.3 is 0 Å². The molecule has 0 aliphatic heterocycles. The Hall–Kier alpha value is -1.62. The van der Waals surface area contributed by atoms with Crippen molar-refractivity contribution in [1.29, 1.82) is 0 Å². The van der Waals surface area contributed by atoms with E-state index in [4.69, 9.17) is 4.42 Å². The molecule has 0 fully saturated rings. The summed E-state index contributed by atoms with van der Waals surface area (Å²) in [4.78, 5) is 0. The SMILES string of the molecule is CCCNC(CCC)c1ccn(Cc2nnc(C)o2)c1. The van der Waals surface area contributed by atoms with Crippen molar-refractivity contribution < 1.29 is 4.42 Å². The zero-order valence-corrected chi connectivity index (χ0v) is 12.6. The molecule has 2 aromatic rings. The van der Waals surface area contributed by atoms with Crippen LogP contribution in [-0.4, -0.2) is 21.3 Å². The van der Waals surface area contributed by atoms with Gasteiger partial charge in [0.15, 0.2) is 0 Å². The topological polar surface area (TPSA) is 55.9 Å². The summed E-state index contributed by atoms with van der Waals surface area (Å²) in [6.45, 7) is 7.91. The summed E-state index contributed by atoms with van der Waals surface area (Å²) in [5, 5.41) is 11.5. The lowest BCUT2D eigenvalue weighted by atomic mass is 10.1. The highest BCUT2D eigenvalue weighted by molar-refractivity contribution is 5.16. The number of hydrogen-bond acceptors (Lipinski definition) is 4. The molecule has 1 N–H and O–H groups in total. The van der Waals surface area contributed by atoms with Crippen molar-refractivity contribution >= 4 is 0 Å². The van der Waals surface area contributed by atoms with E-state index in [1.807, 2.05) is 6.92 Å². The summed E-state index contributed by atoms with van der Waals surface area (Å²) in [7, 11) is 0. The molecule has 0 saturated heterocycles. The molecule has 0 spiro atoms. The zero-order valence-electron chi connectivity index (χ0n) is 12.6. The lowest BCUT2D eigenvalue weighted by Gasteiger charge is -2.16. The van der Waals surface area contributed by atoms with Crippen LogP contribution in [0.15, 0.2) is 22.9 Å². The fourth-order valence-electron chi connectivity index (χ4n) is 2.32. The van der Waals surface area contributed by atoms with Crippen LogP contribution in [0.1, 0.15) is 56.5 Å². The predicted octanol–water partition coefficient (Wildman–Crippen LogP) is 3.07. The van der Waals surface area contributed by atoms with Gasteiger partial charge in [-0.3, -0.25) is 0 Å². The Morgan fingerprint density at radius 3 is 2.80 bits per heavy atom. The van der Waals surface area contributed by atoms with E-state index in [0.717, 1.165) is 19.4 Å². The molecule has 2 heterocycles. The van der Waals surface area contributed by atoms with Crippen LogP contribution in [-0.2, 0) is 6.54 Å². The molecule has 5 nitrogen and oxygen atoms in total. The molecule has 1 unspecified atom stereocenters. The summed E-state index contributed by atoms with van der Waals surface area (Å²) in [6.07, 6.45) is 7.73. The van der Waals surface area contributed by atoms with Gasteiger partial charge in [-0.15, -0.1) is 10.2 Å². The smallest absolute Gasteiger partial charge is 0.236 e. The summed E-state index contributed by atoms with van der Waals surface area (Å²) >= 11 is 0. The van der Waals surface area contributed by atoms with E-state index in [2.05, 4.69) is 52.4 Å². The predicted molar refractivity (Wildman–Crippen MR) is 78.5 cm³/mol. The highest BCUT2D eigenvalue weighted by Crippen LogP contribution is 2.19. The molecule has 0 amide bonds. The lowest BCUT2D eigenvalue weighted by molar-refractivity contribution is 0.453. The average molecular weight is 276 g/mol. The largest absolute Gasteiger partial charge is 0.424 e. The number of aromatic nitrogens is 3. The van der Waals surface area contributed by atoms with Gasteiger partial charge in [-0.25, -0.2) is 0 Å². The van der Waals surface area contributed by atoms with Gasteiger partial charge in [0.25, 0.3) is 0 Å². The zero-order chi connectivity index (χ0) is 14.4. The lowest BCUT2D eigenvalue weighted by Crippen LogP contribution is -2.21. The maximum absolute atomic E-state index is 5.41. The Morgan fingerprint density at radius 2 is 2.15 bits per heavy atom. The molecular weight excluding hydrogens is 252 g/mol. The minimum Gasteiger partial charge on any atom is -0.424 e. The fourth-order valence-corrected chi connectivity index (χ4v) is 2.32. The molecule has 0 aliphatic rings. The first-order valence-corrected chi connectivity index (χ1v) is 7.41. The van der Waals surface area contributed by atoms with Crippen LogP contribution in [0.5, 0.6) is 0 Å². The Labute approximate surface area is 120 Å². The van der Waals surface area contributed by atoms with E-state index in [1.54, 1.807) is 0 Å². The van der Waals surface area contributed by atoms with E-state index in [-0.39, 0.29) is 0 Å². The van der Waals surface area contributed by atoms with Crippen LogP contribution < -0.4 is 5.32 Å². The Kier molecular flexibility index (Phi) is 5.35. The molecule has 0 aromatic carbocycles. The number of hydrogen-bond donors (Lipinski definition) is 1. The van der Waals surface area contributed by atoms with E-state index in [9.17, 15) is 0 Å². The second kappa shape index (κ2) is 7.24. The van der Waals surface area contributed by atoms with Crippen LogP contribution in [0.25, 0.3) is 0 Å². The fraction of sp³-hybridized carbons (Fsp3) is 0.600. The van der Waals surface area contributed by atoms with Crippen molar-refractivity contribution in [3.05, 3.63) is 35.8 Å². The molecular formula is C15H24N4O. The maximum atomic E-state index is 5.41. The second-order valence-electron chi connectivity index (χ2n) is 5.13. The summed E-state index contributed by atoms with van der Waals surface area (Å²) in [5.74, 6) is 1.26. The van der Waals surface area contributed by atoms with Crippen LogP contribution >= 0.6 is 0 Å². The van der Waals surface area contributed by atoms with Gasteiger partial charge in [-0.1, -0.05) is 20.3 Å². The molecule has 1 atom stereocenters. The van der Waals surface area contributed by atoms with Gasteiger partial charge in [-0.2, -0.15) is 0 Å². The third-order valence-corrected chi connectivity index (χ3v) is 3.28. The number of nitrogens with zero attached hydrogens (tertiary/aromatic N) is 3. The Bertz CT molecular complexity index is 517. The standard InChI is InChI=1S/C15H24N4O/c1-4-6-14(16-8-5-2)13-7-9-19(10-13)11-15-18-17-12(3)20-15/h7,9-10,14,16H,4-6,8,11H2,1-3H3. The van der Waals surface area contributed by atoms with Crippen molar-refractivity contribution in [2.45, 2.75) is 52.6 Å². The third-order valence-electron chi connectivity index (χ3n) is 3.28. The number of rotatable bonds is 8. The molecule has 0 radical (unpaired) electrons. The maximum Gasteiger partial charge on any atom is 0.236 e. The normalized spacial score (nSPS) is 12.8. The van der Waals surface area contributed by atoms with Crippen molar-refractivity contribution in [2.75, 3.05) is 6.54 Å². The number of nitrogens with one attached hydrogen (secondary N) is 1. The van der Waals surface area contributed by atoms with Crippen molar-refractivity contribution in [3.8, 4) is 0 Å². The van der Waals surface area contributed by atoms with Crippen molar-refractivity contribution in [2.24, 2.45) is 0 Å². The van der Waals surface area contributed by atoms with E-state index in [1.165, 1.54) is 12.0 Å². The van der Waals surface area contributed by atoms with Gasteiger partial charge in [0.2, 0.25) is 11.8 Å². The van der Waals surface area contributed by atoms with Gasteiger partial charge in [0.1, 0.15) is 6.54 Å². The van der Waals surface area contributed by atoms with Crippen molar-refractivity contribution in [3.63, 3.8) is 0 Å². The first-order valence-electron chi connectivity index (χ1n) is 7.41. The first kappa shape index (κ1) is 14.8. The van der Waals surface area contributed by atoms with Gasteiger partial charge in [0, 0.05) is 25.4 Å². The van der Waals surface area contributed by atoms with Crippen LogP contribution in [0.2, 0.25) is 0 Å². The van der Waals surface area contributed by atoms with Crippen molar-refractivity contribution in [1.82, 2.24) is 20.1 Å². The van der Waals surface area contributed by atoms with Gasteiger partial charge in [-0.05, 0) is 31.0 Å². The quantitative estimate of drug-likeness (QED) is 0.805. The molecule has 0 saturated carbocycles. The molecule has 110 valence electrons. The van der Waals surface area contributed by atoms with Crippen LogP contribution in [0.4, 0.5) is 0 Å². The molecule has 20 heavy (non-hydrogen) atoms. The highest BCUT2D eigenvalue weighted by Gasteiger charge is 2.11. The second-order valence-corrected chi connectivity index (χ2v) is 5.13. The minimum atomic E-state index is 0.436. The van der Waals surface area contributed by atoms with E-state index < -0.39 is 0 Å². The Balaban J connectivity index is 2.02. The van der Waals surface area contributed by atoms with E-state index in [0.29, 0.717) is 24.4 Å². The van der Waals surface area contributed by atoms with Gasteiger partial charge < -0.3 is 14.3 Å². The first-order chi connectivity index (χ1) is 9.72. The van der Waals surface area contributed by atoms with E-state index >= 15 is 0 Å². The molecule has 0 bridgehead atoms. The Morgan fingerprint density at radius 1 is 1.30 bits per heavy atom. The third kappa shape index (κ3) is 3.93. The molecule has 2 aromatic heterocycles. The van der Waals surface area contributed by atoms with Crippen LogP contribution in [0, 0.1) is 6.92 Å². The molecule has 0 aliphatic carbocycles. The van der Waals surface area contributed by atoms with Crippen LogP contribution in [0.3, 0.4) is 0 Å². The summed E-state index contributed by atoms with van der Waals surface area (Å²) < 4.78 is 7.51. The minimum absolute atomic E-state index is 0.436. The number of aryl methyl sites for hydroxylation is 1. The monoisotopic (exact) mass is 276 g/mol. The highest BCUT2D eigenvalue weighted by atomic mass is 16.4. The molecule has 5 heteroatoms.